The van der Waals surface area contributed by atoms with E-state index in [1.807, 2.05) is 6.20 Å². The first-order valence-electron chi connectivity index (χ1n) is 4.15. The van der Waals surface area contributed by atoms with Crippen LogP contribution in [0.25, 0.3) is 0 Å². The zero-order valence-corrected chi connectivity index (χ0v) is 6.58. The average molecular weight is 151 g/mol. The Morgan fingerprint density at radius 1 is 1.45 bits per heavy atom. The van der Waals surface area contributed by atoms with Crippen LogP contribution in [-0.2, 0) is 6.54 Å². The maximum absolute atomic E-state index is 3.98. The van der Waals surface area contributed by atoms with Gasteiger partial charge in [0.15, 0.2) is 0 Å². The summed E-state index contributed by atoms with van der Waals surface area (Å²) in [6.45, 7) is 3.54. The van der Waals surface area contributed by atoms with E-state index in [9.17, 15) is 0 Å². The highest BCUT2D eigenvalue weighted by Gasteiger charge is 2.11. The van der Waals surface area contributed by atoms with E-state index < -0.39 is 0 Å². The van der Waals surface area contributed by atoms with Gasteiger partial charge in [0.05, 0.1) is 6.33 Å². The normalized spacial score (nSPS) is 19.3. The molecule has 1 aliphatic heterocycles. The van der Waals surface area contributed by atoms with Crippen LogP contribution in [-0.4, -0.2) is 28.0 Å². The fraction of sp³-hybridized carbons (Fsp3) is 0.625. The number of hydrogen-bond acceptors (Lipinski definition) is 2. The lowest BCUT2D eigenvalue weighted by Crippen LogP contribution is -2.18. The predicted octanol–water partition coefficient (Wildman–Crippen LogP) is 1.01. The van der Waals surface area contributed by atoms with Crippen molar-refractivity contribution in [3.8, 4) is 0 Å². The minimum atomic E-state index is 1.04. The Morgan fingerprint density at radius 2 is 2.27 bits per heavy atom. The third-order valence-corrected chi connectivity index (χ3v) is 2.15. The van der Waals surface area contributed by atoms with Gasteiger partial charge < -0.3 is 4.98 Å². The van der Waals surface area contributed by atoms with Crippen LogP contribution >= 0.6 is 0 Å². The molecule has 0 radical (unpaired) electrons. The first kappa shape index (κ1) is 6.85. The second-order valence-corrected chi connectivity index (χ2v) is 3.06. The topological polar surface area (TPSA) is 31.9 Å². The molecule has 0 unspecified atom stereocenters. The van der Waals surface area contributed by atoms with Gasteiger partial charge in [0.2, 0.25) is 0 Å². The minimum absolute atomic E-state index is 1.04. The predicted molar refractivity (Wildman–Crippen MR) is 43.1 cm³/mol. The molecule has 0 aliphatic carbocycles. The number of hydrogen-bond donors (Lipinski definition) is 1. The molecule has 0 spiro atoms. The van der Waals surface area contributed by atoms with E-state index in [2.05, 4.69) is 14.9 Å². The lowest BCUT2D eigenvalue weighted by atomic mass is 10.4. The number of aromatic nitrogens is 2. The number of nitrogens with zero attached hydrogens (tertiary/aromatic N) is 2. The van der Waals surface area contributed by atoms with Gasteiger partial charge in [0, 0.05) is 18.4 Å². The average Bonchev–Trinajstić information content (AvgIpc) is 2.60. The van der Waals surface area contributed by atoms with Gasteiger partial charge in [0.25, 0.3) is 0 Å². The van der Waals surface area contributed by atoms with Gasteiger partial charge in [-0.2, -0.15) is 0 Å². The van der Waals surface area contributed by atoms with Crippen molar-refractivity contribution in [2.75, 3.05) is 13.1 Å². The first-order valence-corrected chi connectivity index (χ1v) is 4.15. The van der Waals surface area contributed by atoms with E-state index >= 15 is 0 Å². The summed E-state index contributed by atoms with van der Waals surface area (Å²) in [5.74, 6) is 0. The summed E-state index contributed by atoms with van der Waals surface area (Å²) in [5.41, 5.74) is 1.23. The largest absolute Gasteiger partial charge is 0.347 e. The summed E-state index contributed by atoms with van der Waals surface area (Å²) in [4.78, 5) is 9.55. The van der Waals surface area contributed by atoms with E-state index in [-0.39, 0.29) is 0 Å². The third-order valence-electron chi connectivity index (χ3n) is 2.15. The lowest BCUT2D eigenvalue weighted by Gasteiger charge is -2.11. The van der Waals surface area contributed by atoms with Crippen molar-refractivity contribution in [2.45, 2.75) is 19.4 Å². The Balaban J connectivity index is 1.90. The molecule has 0 aromatic carbocycles. The van der Waals surface area contributed by atoms with Crippen LogP contribution in [0.3, 0.4) is 0 Å². The van der Waals surface area contributed by atoms with Gasteiger partial charge >= 0.3 is 0 Å². The van der Waals surface area contributed by atoms with Crippen LogP contribution in [0.1, 0.15) is 18.5 Å². The zero-order chi connectivity index (χ0) is 7.52. The SMILES string of the molecule is c1ncc(CN2CCCC2)[nH]1. The molecule has 1 saturated heterocycles. The van der Waals surface area contributed by atoms with Crippen molar-refractivity contribution in [1.82, 2.24) is 14.9 Å². The van der Waals surface area contributed by atoms with Gasteiger partial charge in [-0.25, -0.2) is 4.98 Å². The van der Waals surface area contributed by atoms with Gasteiger partial charge in [-0.3, -0.25) is 4.90 Å². The van der Waals surface area contributed by atoms with Crippen LogP contribution in [0.2, 0.25) is 0 Å². The molecule has 2 rings (SSSR count). The summed E-state index contributed by atoms with van der Waals surface area (Å²) in [5, 5.41) is 0. The summed E-state index contributed by atoms with van der Waals surface area (Å²) in [6.07, 6.45) is 6.35. The quantitative estimate of drug-likeness (QED) is 0.684. The maximum atomic E-state index is 3.98. The van der Waals surface area contributed by atoms with Crippen molar-refractivity contribution >= 4 is 0 Å². The van der Waals surface area contributed by atoms with Crippen molar-refractivity contribution in [2.24, 2.45) is 0 Å². The number of aromatic amines is 1. The summed E-state index contributed by atoms with van der Waals surface area (Å²) < 4.78 is 0. The molecule has 1 aliphatic rings. The molecule has 3 heteroatoms. The number of nitrogens with one attached hydrogen (secondary N) is 1. The van der Waals surface area contributed by atoms with E-state index in [1.54, 1.807) is 6.33 Å². The van der Waals surface area contributed by atoms with E-state index in [0.717, 1.165) is 6.54 Å². The Labute approximate surface area is 66.4 Å². The summed E-state index contributed by atoms with van der Waals surface area (Å²) in [7, 11) is 0. The van der Waals surface area contributed by atoms with Gasteiger partial charge in [0.1, 0.15) is 0 Å². The highest BCUT2D eigenvalue weighted by atomic mass is 15.1. The lowest BCUT2D eigenvalue weighted by molar-refractivity contribution is 0.328. The van der Waals surface area contributed by atoms with Crippen molar-refractivity contribution in [3.05, 3.63) is 18.2 Å². The molecular weight excluding hydrogens is 138 g/mol. The maximum Gasteiger partial charge on any atom is 0.0922 e. The first-order chi connectivity index (χ1) is 5.45. The molecule has 1 aromatic heterocycles. The molecule has 1 aromatic rings. The van der Waals surface area contributed by atoms with Gasteiger partial charge in [-0.1, -0.05) is 0 Å². The van der Waals surface area contributed by atoms with Crippen LogP contribution < -0.4 is 0 Å². The molecule has 0 saturated carbocycles. The minimum Gasteiger partial charge on any atom is -0.347 e. The fourth-order valence-corrected chi connectivity index (χ4v) is 1.55. The Bertz CT molecular complexity index is 199. The van der Waals surface area contributed by atoms with E-state index in [1.165, 1.54) is 31.6 Å². The number of imidazole rings is 1. The van der Waals surface area contributed by atoms with Gasteiger partial charge in [-0.15, -0.1) is 0 Å². The van der Waals surface area contributed by atoms with E-state index in [0.29, 0.717) is 0 Å². The molecular formula is C8H13N3. The number of H-pyrrole nitrogens is 1. The smallest absolute Gasteiger partial charge is 0.0922 e. The summed E-state index contributed by atoms with van der Waals surface area (Å²) in [6, 6.07) is 0. The molecule has 0 bridgehead atoms. The monoisotopic (exact) mass is 151 g/mol. The second-order valence-electron chi connectivity index (χ2n) is 3.06. The highest BCUT2D eigenvalue weighted by Crippen LogP contribution is 2.10. The van der Waals surface area contributed by atoms with Crippen molar-refractivity contribution < 1.29 is 0 Å². The number of rotatable bonds is 2. The molecule has 1 fully saturated rings. The zero-order valence-electron chi connectivity index (χ0n) is 6.58. The van der Waals surface area contributed by atoms with Crippen molar-refractivity contribution in [1.29, 1.82) is 0 Å². The van der Waals surface area contributed by atoms with Crippen LogP contribution in [0.5, 0.6) is 0 Å². The molecule has 0 amide bonds. The Hall–Kier alpha value is -0.830. The standard InChI is InChI=1S/C8H13N3/c1-2-4-11(3-1)6-8-5-9-7-10-8/h5,7H,1-4,6H2,(H,9,10). The van der Waals surface area contributed by atoms with Crippen LogP contribution in [0.15, 0.2) is 12.5 Å². The molecule has 2 heterocycles. The summed E-state index contributed by atoms with van der Waals surface area (Å²) >= 11 is 0. The van der Waals surface area contributed by atoms with Crippen molar-refractivity contribution in [3.63, 3.8) is 0 Å². The molecule has 60 valence electrons. The van der Waals surface area contributed by atoms with Gasteiger partial charge in [-0.05, 0) is 25.9 Å². The van der Waals surface area contributed by atoms with E-state index in [4.69, 9.17) is 0 Å². The molecule has 3 nitrogen and oxygen atoms in total. The fourth-order valence-electron chi connectivity index (χ4n) is 1.55. The van der Waals surface area contributed by atoms with Crippen LogP contribution in [0.4, 0.5) is 0 Å². The second kappa shape index (κ2) is 3.05. The Kier molecular flexibility index (Phi) is 1.90. The Morgan fingerprint density at radius 3 is 2.91 bits per heavy atom. The molecule has 0 atom stereocenters. The molecule has 11 heavy (non-hydrogen) atoms. The number of likely N-dealkylation sites (tertiary alicyclic amines) is 1. The highest BCUT2D eigenvalue weighted by molar-refractivity contribution is 4.94. The third kappa shape index (κ3) is 1.60. The van der Waals surface area contributed by atoms with Crippen LogP contribution in [0, 0.1) is 0 Å². The molecule has 1 N–H and O–H groups in total.